The van der Waals surface area contributed by atoms with Crippen LogP contribution < -0.4 is 11.3 Å². The Kier molecular flexibility index (Phi) is 2.32. The number of nitrogens with zero attached hydrogens (tertiary/aromatic N) is 2. The molecule has 0 saturated carbocycles. The smallest absolute Gasteiger partial charge is 0.273 e. The lowest BCUT2D eigenvalue weighted by atomic mass is 10.4. The number of aromatic nitrogens is 2. The van der Waals surface area contributed by atoms with E-state index in [9.17, 15) is 4.79 Å². The molecule has 0 atom stereocenters. The van der Waals surface area contributed by atoms with Crippen molar-refractivity contribution in [3.63, 3.8) is 0 Å². The Balaban J connectivity index is 2.34. The molecule has 0 spiro atoms. The van der Waals surface area contributed by atoms with Crippen LogP contribution in [0.4, 0.5) is 5.69 Å². The van der Waals surface area contributed by atoms with Gasteiger partial charge in [-0.3, -0.25) is 9.78 Å². The first-order chi connectivity index (χ1) is 6.77. The van der Waals surface area contributed by atoms with Gasteiger partial charge in [0, 0.05) is 17.3 Å². The zero-order chi connectivity index (χ0) is 9.97. The molecule has 0 aliphatic carbocycles. The number of hydrogen-bond acceptors (Lipinski definition) is 4. The van der Waals surface area contributed by atoms with E-state index in [0.717, 1.165) is 4.88 Å². The Morgan fingerprint density at radius 2 is 2.43 bits per heavy atom. The summed E-state index contributed by atoms with van der Waals surface area (Å²) in [6.45, 7) is 0.536. The molecule has 0 aliphatic heterocycles. The molecule has 5 heteroatoms. The summed E-state index contributed by atoms with van der Waals surface area (Å²) >= 11 is 1.52. The van der Waals surface area contributed by atoms with Gasteiger partial charge in [0.25, 0.3) is 5.56 Å². The van der Waals surface area contributed by atoms with Crippen molar-refractivity contribution in [1.29, 1.82) is 0 Å². The van der Waals surface area contributed by atoms with Gasteiger partial charge < -0.3 is 10.3 Å². The van der Waals surface area contributed by atoms with Crippen LogP contribution in [0.2, 0.25) is 0 Å². The average Bonchev–Trinajstić information content (AvgIpc) is 2.66. The third kappa shape index (κ3) is 1.67. The van der Waals surface area contributed by atoms with Crippen molar-refractivity contribution in [2.45, 2.75) is 6.54 Å². The minimum atomic E-state index is -0.152. The van der Waals surface area contributed by atoms with E-state index in [1.54, 1.807) is 34.6 Å². The van der Waals surface area contributed by atoms with Crippen LogP contribution in [0.1, 0.15) is 4.88 Å². The normalized spacial score (nSPS) is 10.3. The zero-order valence-electron chi connectivity index (χ0n) is 7.38. The van der Waals surface area contributed by atoms with Gasteiger partial charge in [0.15, 0.2) is 0 Å². The molecule has 2 heterocycles. The molecule has 0 aromatic carbocycles. The predicted molar refractivity (Wildman–Crippen MR) is 56.3 cm³/mol. The van der Waals surface area contributed by atoms with Crippen molar-refractivity contribution in [3.8, 4) is 0 Å². The maximum Gasteiger partial charge on any atom is 0.273 e. The zero-order valence-corrected chi connectivity index (χ0v) is 8.20. The average molecular weight is 207 g/mol. The molecule has 4 nitrogen and oxygen atoms in total. The molecule has 0 saturated heterocycles. The van der Waals surface area contributed by atoms with E-state index < -0.39 is 0 Å². The lowest BCUT2D eigenvalue weighted by Gasteiger charge is -2.03. The topological polar surface area (TPSA) is 60.9 Å². The van der Waals surface area contributed by atoms with Crippen LogP contribution in [0.15, 0.2) is 34.8 Å². The van der Waals surface area contributed by atoms with Crippen molar-refractivity contribution in [2.24, 2.45) is 0 Å². The van der Waals surface area contributed by atoms with Gasteiger partial charge in [-0.05, 0) is 12.1 Å². The highest BCUT2D eigenvalue weighted by molar-refractivity contribution is 7.09. The Hall–Kier alpha value is -1.62. The van der Waals surface area contributed by atoms with Crippen LogP contribution in [0, 0.1) is 0 Å². The molecular formula is C9H9N3OS. The highest BCUT2D eigenvalue weighted by Crippen LogP contribution is 2.06. The minimum Gasteiger partial charge on any atom is -0.394 e. The molecule has 0 aliphatic rings. The van der Waals surface area contributed by atoms with Crippen LogP contribution >= 0.6 is 11.3 Å². The van der Waals surface area contributed by atoms with Gasteiger partial charge in [-0.1, -0.05) is 0 Å². The molecule has 0 amide bonds. The van der Waals surface area contributed by atoms with Crippen LogP contribution in [-0.2, 0) is 6.54 Å². The van der Waals surface area contributed by atoms with Crippen molar-refractivity contribution in [3.05, 3.63) is 45.3 Å². The number of pyridine rings is 1. The fourth-order valence-electron chi connectivity index (χ4n) is 1.17. The van der Waals surface area contributed by atoms with E-state index in [2.05, 4.69) is 4.98 Å². The van der Waals surface area contributed by atoms with Gasteiger partial charge in [0.05, 0.1) is 17.7 Å². The first-order valence-corrected chi connectivity index (χ1v) is 4.97. The number of anilines is 1. The summed E-state index contributed by atoms with van der Waals surface area (Å²) in [6.07, 6.45) is 3.47. The maximum atomic E-state index is 11.5. The second-order valence-corrected chi connectivity index (χ2v) is 3.84. The Morgan fingerprint density at radius 3 is 3.14 bits per heavy atom. The minimum absolute atomic E-state index is 0.152. The number of hydrogen-bond donors (Lipinski definition) is 1. The van der Waals surface area contributed by atoms with Crippen LogP contribution in [-0.4, -0.2) is 9.55 Å². The van der Waals surface area contributed by atoms with E-state index in [0.29, 0.717) is 6.54 Å². The number of rotatable bonds is 2. The first kappa shape index (κ1) is 8.96. The van der Waals surface area contributed by atoms with Gasteiger partial charge in [0.2, 0.25) is 0 Å². The van der Waals surface area contributed by atoms with Gasteiger partial charge in [-0.2, -0.15) is 0 Å². The number of thiazole rings is 1. The monoisotopic (exact) mass is 207 g/mol. The molecule has 0 fully saturated rings. The standard InChI is InChI=1S/C9H9N3OS/c10-8-2-1-3-12(9(8)13)5-7-4-11-6-14-7/h1-4,6H,5,10H2. The summed E-state index contributed by atoms with van der Waals surface area (Å²) in [4.78, 5) is 16.5. The summed E-state index contributed by atoms with van der Waals surface area (Å²) in [5.74, 6) is 0. The van der Waals surface area contributed by atoms with Crippen molar-refractivity contribution < 1.29 is 0 Å². The second kappa shape index (κ2) is 3.63. The fourth-order valence-corrected chi connectivity index (χ4v) is 1.76. The Bertz CT molecular complexity index is 475. The Morgan fingerprint density at radius 1 is 1.57 bits per heavy atom. The number of nitrogens with two attached hydrogens (primary N) is 1. The summed E-state index contributed by atoms with van der Waals surface area (Å²) in [6, 6.07) is 3.36. The van der Waals surface area contributed by atoms with Crippen molar-refractivity contribution in [1.82, 2.24) is 9.55 Å². The van der Waals surface area contributed by atoms with E-state index >= 15 is 0 Å². The second-order valence-electron chi connectivity index (χ2n) is 2.86. The van der Waals surface area contributed by atoms with Crippen LogP contribution in [0.25, 0.3) is 0 Å². The molecule has 2 aromatic rings. The third-order valence-corrected chi connectivity index (χ3v) is 2.62. The molecule has 0 bridgehead atoms. The van der Waals surface area contributed by atoms with Gasteiger partial charge in [0.1, 0.15) is 0 Å². The molecule has 0 unspecified atom stereocenters. The van der Waals surface area contributed by atoms with Crippen LogP contribution in [0.3, 0.4) is 0 Å². The summed E-state index contributed by atoms with van der Waals surface area (Å²) in [5, 5.41) is 0. The number of nitrogen functional groups attached to an aromatic ring is 1. The quantitative estimate of drug-likeness (QED) is 0.797. The molecular weight excluding hydrogens is 198 g/mol. The van der Waals surface area contributed by atoms with E-state index in [1.165, 1.54) is 11.3 Å². The molecule has 14 heavy (non-hydrogen) atoms. The Labute approximate surface area is 84.6 Å². The largest absolute Gasteiger partial charge is 0.394 e. The lowest BCUT2D eigenvalue weighted by molar-refractivity contribution is 0.771. The third-order valence-electron chi connectivity index (χ3n) is 1.86. The highest BCUT2D eigenvalue weighted by atomic mass is 32.1. The molecule has 2 N–H and O–H groups in total. The maximum absolute atomic E-state index is 11.5. The SMILES string of the molecule is Nc1cccn(Cc2cncs2)c1=O. The van der Waals surface area contributed by atoms with E-state index in [4.69, 9.17) is 5.73 Å². The predicted octanol–water partition coefficient (Wildman–Crippen LogP) is 0.935. The fraction of sp³-hybridized carbons (Fsp3) is 0.111. The van der Waals surface area contributed by atoms with Crippen molar-refractivity contribution >= 4 is 17.0 Å². The molecule has 2 rings (SSSR count). The summed E-state index contributed by atoms with van der Waals surface area (Å²) < 4.78 is 1.57. The summed E-state index contributed by atoms with van der Waals surface area (Å²) in [5.41, 5.74) is 7.37. The first-order valence-electron chi connectivity index (χ1n) is 4.09. The van der Waals surface area contributed by atoms with Crippen LogP contribution in [0.5, 0.6) is 0 Å². The summed E-state index contributed by atoms with van der Waals surface area (Å²) in [7, 11) is 0. The van der Waals surface area contributed by atoms with Gasteiger partial charge in [-0.25, -0.2) is 0 Å². The molecule has 2 aromatic heterocycles. The molecule has 0 radical (unpaired) electrons. The van der Waals surface area contributed by atoms with Gasteiger partial charge >= 0.3 is 0 Å². The van der Waals surface area contributed by atoms with Crippen molar-refractivity contribution in [2.75, 3.05) is 5.73 Å². The molecule has 72 valence electrons. The van der Waals surface area contributed by atoms with E-state index in [1.807, 2.05) is 0 Å². The van der Waals surface area contributed by atoms with E-state index in [-0.39, 0.29) is 11.2 Å². The highest BCUT2D eigenvalue weighted by Gasteiger charge is 2.00. The van der Waals surface area contributed by atoms with Gasteiger partial charge in [-0.15, -0.1) is 11.3 Å². The lowest BCUT2D eigenvalue weighted by Crippen LogP contribution is -2.21.